The lowest BCUT2D eigenvalue weighted by molar-refractivity contribution is 0.0969. The fourth-order valence-corrected chi connectivity index (χ4v) is 0.977. The third-order valence-corrected chi connectivity index (χ3v) is 1.68. The third-order valence-electron chi connectivity index (χ3n) is 1.53. The summed E-state index contributed by atoms with van der Waals surface area (Å²) >= 11 is 5.15. The smallest absolute Gasteiger partial charge is 0.308 e. The molecule has 0 aliphatic rings. The summed E-state index contributed by atoms with van der Waals surface area (Å²) in [6.45, 7) is 0. The van der Waals surface area contributed by atoms with E-state index in [0.717, 1.165) is 0 Å². The second kappa shape index (κ2) is 5.24. The van der Waals surface area contributed by atoms with E-state index in [-0.39, 0.29) is 11.9 Å². The number of halogens is 1. The van der Waals surface area contributed by atoms with Gasteiger partial charge < -0.3 is 4.74 Å². The van der Waals surface area contributed by atoms with Crippen LogP contribution in [0.15, 0.2) is 34.8 Å². The van der Waals surface area contributed by atoms with E-state index in [1.54, 1.807) is 24.3 Å². The average Bonchev–Trinajstić information content (AvgIpc) is 2.26. The molecule has 0 saturated carbocycles. The van der Waals surface area contributed by atoms with E-state index in [4.69, 9.17) is 11.8 Å². The van der Waals surface area contributed by atoms with Crippen molar-refractivity contribution in [3.05, 3.63) is 35.9 Å². The van der Waals surface area contributed by atoms with Crippen molar-refractivity contribution in [1.29, 1.82) is 0 Å². The minimum atomic E-state index is -0.313. The summed E-state index contributed by atoms with van der Waals surface area (Å²) < 4.78 is 7.88. The topological polar surface area (TPSA) is 50.7 Å². The molecule has 1 rings (SSSR count). The maximum Gasteiger partial charge on any atom is 0.308 e. The highest BCUT2D eigenvalue weighted by atomic mass is 35.5. The van der Waals surface area contributed by atoms with Crippen molar-refractivity contribution in [3.63, 3.8) is 0 Å². The monoisotopic (exact) mass is 212 g/mol. The molecule has 0 saturated heterocycles. The first-order chi connectivity index (χ1) is 6.77. The number of amidine groups is 1. The Bertz CT molecular complexity index is 338. The summed E-state index contributed by atoms with van der Waals surface area (Å²) in [5, 5.41) is 2.39. The number of benzene rings is 1. The van der Waals surface area contributed by atoms with E-state index in [0.29, 0.717) is 5.56 Å². The summed E-state index contributed by atoms with van der Waals surface area (Å²) in [5.41, 5.74) is 0.516. The fourth-order valence-electron chi connectivity index (χ4n) is 0.865. The first kappa shape index (κ1) is 10.5. The molecule has 0 unspecified atom stereocenters. The second-order valence-corrected chi connectivity index (χ2v) is 2.58. The largest absolute Gasteiger partial charge is 0.467 e. The normalized spacial score (nSPS) is 10.9. The predicted octanol–water partition coefficient (Wildman–Crippen LogP) is 1.57. The molecule has 0 aromatic heterocycles. The van der Waals surface area contributed by atoms with E-state index < -0.39 is 0 Å². The summed E-state index contributed by atoms with van der Waals surface area (Å²) in [6, 6.07) is 8.68. The highest BCUT2D eigenvalue weighted by Gasteiger charge is 2.07. The van der Waals surface area contributed by atoms with Gasteiger partial charge in [0.2, 0.25) is 0 Å². The molecule has 74 valence electrons. The molecule has 14 heavy (non-hydrogen) atoms. The van der Waals surface area contributed by atoms with Crippen LogP contribution in [-0.2, 0) is 4.74 Å². The molecule has 0 spiro atoms. The Balaban J connectivity index is 2.68. The number of ether oxygens (including phenoxy) is 1. The van der Waals surface area contributed by atoms with Gasteiger partial charge in [0.15, 0.2) is 0 Å². The molecule has 0 radical (unpaired) electrons. The molecule has 0 aliphatic heterocycles. The van der Waals surface area contributed by atoms with Gasteiger partial charge in [-0.1, -0.05) is 18.2 Å². The van der Waals surface area contributed by atoms with E-state index in [9.17, 15) is 4.79 Å². The number of methoxy groups -OCH3 is 1. The molecular formula is C9H9ClN2O2. The first-order valence-electron chi connectivity index (χ1n) is 3.87. The van der Waals surface area contributed by atoms with Gasteiger partial charge in [0.25, 0.3) is 5.91 Å². The van der Waals surface area contributed by atoms with Gasteiger partial charge in [-0.2, -0.15) is 0 Å². The second-order valence-electron chi connectivity index (χ2n) is 2.41. The minimum Gasteiger partial charge on any atom is -0.467 e. The number of nitrogens with one attached hydrogen (secondary N) is 1. The number of carbonyl (C=O) groups excluding carboxylic acids is 1. The summed E-state index contributed by atoms with van der Waals surface area (Å²) in [5.74, 6) is -0.313. The van der Waals surface area contributed by atoms with Gasteiger partial charge in [-0.05, 0) is 12.1 Å². The van der Waals surface area contributed by atoms with Crippen molar-refractivity contribution in [2.75, 3.05) is 7.11 Å². The van der Waals surface area contributed by atoms with Crippen molar-refractivity contribution >= 4 is 23.7 Å². The standard InChI is InChI=1S/C9H9ClN2O2/c1-14-9(12-10)11-8(13)7-5-3-2-4-6-7/h2-6H,1H3,(H,11,12,13). The summed E-state index contributed by atoms with van der Waals surface area (Å²) in [7, 11) is 1.37. The lowest BCUT2D eigenvalue weighted by Gasteiger charge is -2.04. The SMILES string of the molecule is CO/C(=N\Cl)NC(=O)c1ccccc1. The van der Waals surface area contributed by atoms with Crippen LogP contribution in [0.1, 0.15) is 10.4 Å². The van der Waals surface area contributed by atoms with Crippen LogP contribution in [0.3, 0.4) is 0 Å². The molecule has 1 N–H and O–H groups in total. The van der Waals surface area contributed by atoms with Crippen LogP contribution in [0.25, 0.3) is 0 Å². The molecule has 0 aliphatic carbocycles. The molecular weight excluding hydrogens is 204 g/mol. The number of amides is 1. The maximum absolute atomic E-state index is 11.4. The number of hydrogen-bond donors (Lipinski definition) is 1. The number of hydrogen-bond acceptors (Lipinski definition) is 3. The number of rotatable bonds is 1. The highest BCUT2D eigenvalue weighted by molar-refractivity contribution is 6.20. The Labute approximate surface area is 86.7 Å². The maximum atomic E-state index is 11.4. The van der Waals surface area contributed by atoms with Crippen molar-refractivity contribution in [2.45, 2.75) is 0 Å². The fraction of sp³-hybridized carbons (Fsp3) is 0.111. The minimum absolute atomic E-state index is 0.0273. The Morgan fingerprint density at radius 1 is 1.43 bits per heavy atom. The summed E-state index contributed by atoms with van der Waals surface area (Å²) in [4.78, 5) is 11.4. The number of nitrogens with zero attached hydrogens (tertiary/aromatic N) is 1. The van der Waals surface area contributed by atoms with Gasteiger partial charge in [-0.15, -0.1) is 4.51 Å². The Morgan fingerprint density at radius 2 is 2.07 bits per heavy atom. The van der Waals surface area contributed by atoms with Crippen LogP contribution >= 0.6 is 11.8 Å². The Kier molecular flexibility index (Phi) is 3.94. The van der Waals surface area contributed by atoms with Crippen molar-refractivity contribution in [2.24, 2.45) is 4.51 Å². The van der Waals surface area contributed by atoms with E-state index in [1.165, 1.54) is 7.11 Å². The lowest BCUT2D eigenvalue weighted by Crippen LogP contribution is -2.31. The zero-order chi connectivity index (χ0) is 10.4. The average molecular weight is 213 g/mol. The van der Waals surface area contributed by atoms with E-state index in [1.807, 2.05) is 6.07 Å². The predicted molar refractivity (Wildman–Crippen MR) is 54.2 cm³/mol. The molecule has 1 amide bonds. The first-order valence-corrected chi connectivity index (χ1v) is 4.21. The molecule has 1 aromatic carbocycles. The van der Waals surface area contributed by atoms with Crippen LogP contribution in [0.4, 0.5) is 0 Å². The van der Waals surface area contributed by atoms with Gasteiger partial charge in [-0.25, -0.2) is 0 Å². The molecule has 0 heterocycles. The zero-order valence-corrected chi connectivity index (χ0v) is 8.28. The van der Waals surface area contributed by atoms with Gasteiger partial charge in [0.05, 0.1) is 7.11 Å². The molecule has 0 atom stereocenters. The molecule has 0 fully saturated rings. The van der Waals surface area contributed by atoms with Crippen LogP contribution < -0.4 is 5.32 Å². The quantitative estimate of drug-likeness (QED) is 0.568. The molecule has 5 heteroatoms. The molecule has 4 nitrogen and oxygen atoms in total. The van der Waals surface area contributed by atoms with Crippen LogP contribution in [0, 0.1) is 0 Å². The van der Waals surface area contributed by atoms with Crippen LogP contribution in [0.5, 0.6) is 0 Å². The highest BCUT2D eigenvalue weighted by Crippen LogP contribution is 1.97. The Morgan fingerprint density at radius 3 is 2.57 bits per heavy atom. The molecule has 1 aromatic rings. The van der Waals surface area contributed by atoms with Crippen molar-refractivity contribution < 1.29 is 9.53 Å². The molecule has 0 bridgehead atoms. The third kappa shape index (κ3) is 2.74. The Hall–Kier alpha value is -1.55. The number of carbonyl (C=O) groups is 1. The van der Waals surface area contributed by atoms with E-state index in [2.05, 4.69) is 14.6 Å². The van der Waals surface area contributed by atoms with Crippen LogP contribution in [0.2, 0.25) is 0 Å². The van der Waals surface area contributed by atoms with Crippen molar-refractivity contribution in [3.8, 4) is 0 Å². The van der Waals surface area contributed by atoms with Crippen LogP contribution in [-0.4, -0.2) is 19.0 Å². The zero-order valence-electron chi connectivity index (χ0n) is 7.53. The summed E-state index contributed by atoms with van der Waals surface area (Å²) in [6.07, 6.45) is 0. The van der Waals surface area contributed by atoms with Gasteiger partial charge >= 0.3 is 6.02 Å². The van der Waals surface area contributed by atoms with Gasteiger partial charge in [-0.3, -0.25) is 10.1 Å². The lowest BCUT2D eigenvalue weighted by atomic mass is 10.2. The van der Waals surface area contributed by atoms with Crippen molar-refractivity contribution in [1.82, 2.24) is 5.32 Å². The van der Waals surface area contributed by atoms with Gasteiger partial charge in [0.1, 0.15) is 0 Å². The van der Waals surface area contributed by atoms with Gasteiger partial charge in [0, 0.05) is 17.3 Å². The van der Waals surface area contributed by atoms with E-state index >= 15 is 0 Å².